The molecular weight excluding hydrogens is 302 g/mol. The van der Waals surface area contributed by atoms with E-state index in [9.17, 15) is 9.90 Å². The fraction of sp³-hybridized carbons (Fsp3) is 0.421. The molecule has 0 aliphatic carbocycles. The van der Waals surface area contributed by atoms with Crippen LogP contribution in [0.15, 0.2) is 36.7 Å². The molecule has 2 aromatic rings. The Labute approximate surface area is 142 Å². The predicted molar refractivity (Wildman–Crippen MR) is 92.9 cm³/mol. The number of likely N-dealkylation sites (tertiary alicyclic amines) is 1. The molecule has 1 aliphatic heterocycles. The Balaban J connectivity index is 1.72. The van der Waals surface area contributed by atoms with Crippen molar-refractivity contribution in [3.8, 4) is 11.3 Å². The first kappa shape index (κ1) is 16.6. The largest absolute Gasteiger partial charge is 0.478 e. The van der Waals surface area contributed by atoms with Crippen LogP contribution in [-0.2, 0) is 6.42 Å². The van der Waals surface area contributed by atoms with E-state index in [1.54, 1.807) is 30.6 Å². The molecular formula is C19H23N3O2. The number of rotatable bonds is 5. The van der Waals surface area contributed by atoms with Crippen LogP contribution in [0.3, 0.4) is 0 Å². The monoisotopic (exact) mass is 325 g/mol. The van der Waals surface area contributed by atoms with E-state index < -0.39 is 5.97 Å². The van der Waals surface area contributed by atoms with E-state index >= 15 is 0 Å². The summed E-state index contributed by atoms with van der Waals surface area (Å²) in [6.45, 7) is 6.73. The van der Waals surface area contributed by atoms with Crippen molar-refractivity contribution in [2.45, 2.75) is 32.7 Å². The predicted octanol–water partition coefficient (Wildman–Crippen LogP) is 3.11. The van der Waals surface area contributed by atoms with Gasteiger partial charge in [-0.2, -0.15) is 0 Å². The Morgan fingerprint density at radius 1 is 1.29 bits per heavy atom. The number of carboxylic acids is 1. The van der Waals surface area contributed by atoms with Crippen LogP contribution in [-0.4, -0.2) is 45.1 Å². The Kier molecular flexibility index (Phi) is 4.90. The van der Waals surface area contributed by atoms with Gasteiger partial charge < -0.3 is 10.0 Å². The summed E-state index contributed by atoms with van der Waals surface area (Å²) in [5.74, 6) is -0.324. The van der Waals surface area contributed by atoms with E-state index in [2.05, 4.69) is 28.7 Å². The first-order valence-corrected chi connectivity index (χ1v) is 8.42. The van der Waals surface area contributed by atoms with Crippen LogP contribution < -0.4 is 0 Å². The molecule has 1 N–H and O–H groups in total. The lowest BCUT2D eigenvalue weighted by Crippen LogP contribution is -2.28. The van der Waals surface area contributed by atoms with E-state index in [0.29, 0.717) is 23.2 Å². The average Bonchev–Trinajstić information content (AvgIpc) is 3.04. The van der Waals surface area contributed by atoms with Gasteiger partial charge in [-0.25, -0.2) is 4.79 Å². The van der Waals surface area contributed by atoms with E-state index in [-0.39, 0.29) is 5.56 Å². The van der Waals surface area contributed by atoms with Gasteiger partial charge in [0, 0.05) is 24.3 Å². The van der Waals surface area contributed by atoms with E-state index in [1.807, 2.05) is 6.07 Å². The molecule has 1 saturated heterocycles. The van der Waals surface area contributed by atoms with Crippen molar-refractivity contribution < 1.29 is 9.90 Å². The maximum atomic E-state index is 11.3. The van der Waals surface area contributed by atoms with Gasteiger partial charge in [0.05, 0.1) is 23.1 Å². The molecule has 1 atom stereocenters. The minimum absolute atomic E-state index is 0.253. The van der Waals surface area contributed by atoms with E-state index in [0.717, 1.165) is 25.2 Å². The van der Waals surface area contributed by atoms with E-state index in [1.165, 1.54) is 6.42 Å². The van der Waals surface area contributed by atoms with E-state index in [4.69, 9.17) is 0 Å². The van der Waals surface area contributed by atoms with Gasteiger partial charge in [0.25, 0.3) is 0 Å². The molecule has 0 radical (unpaired) electrons. The topological polar surface area (TPSA) is 66.3 Å². The van der Waals surface area contributed by atoms with Crippen LogP contribution >= 0.6 is 0 Å². The van der Waals surface area contributed by atoms with Crippen molar-refractivity contribution in [2.24, 2.45) is 5.92 Å². The summed E-state index contributed by atoms with van der Waals surface area (Å²) in [7, 11) is 0. The number of aromatic nitrogens is 2. The van der Waals surface area contributed by atoms with Crippen molar-refractivity contribution in [1.29, 1.82) is 0 Å². The Morgan fingerprint density at radius 3 is 2.71 bits per heavy atom. The zero-order valence-corrected chi connectivity index (χ0v) is 14.1. The van der Waals surface area contributed by atoms with Crippen LogP contribution in [0.5, 0.6) is 0 Å². The highest BCUT2D eigenvalue weighted by atomic mass is 16.4. The van der Waals surface area contributed by atoms with Gasteiger partial charge in [0.1, 0.15) is 0 Å². The lowest BCUT2D eigenvalue weighted by Gasteiger charge is -2.20. The van der Waals surface area contributed by atoms with Gasteiger partial charge in [-0.3, -0.25) is 9.97 Å². The molecule has 1 aromatic carbocycles. The average molecular weight is 325 g/mol. The summed E-state index contributed by atoms with van der Waals surface area (Å²) in [5.41, 5.74) is 2.44. The van der Waals surface area contributed by atoms with Gasteiger partial charge in [-0.1, -0.05) is 18.2 Å². The normalized spacial score (nSPS) is 18.2. The first-order valence-electron chi connectivity index (χ1n) is 8.42. The molecule has 24 heavy (non-hydrogen) atoms. The second-order valence-electron chi connectivity index (χ2n) is 6.69. The molecule has 0 unspecified atom stereocenters. The van der Waals surface area contributed by atoms with Crippen molar-refractivity contribution in [2.75, 3.05) is 13.1 Å². The van der Waals surface area contributed by atoms with Crippen molar-refractivity contribution in [3.63, 3.8) is 0 Å². The summed E-state index contributed by atoms with van der Waals surface area (Å²) in [6, 6.07) is 7.48. The number of hydrogen-bond acceptors (Lipinski definition) is 4. The fourth-order valence-electron chi connectivity index (χ4n) is 3.29. The number of benzene rings is 1. The van der Waals surface area contributed by atoms with Gasteiger partial charge in [0.2, 0.25) is 0 Å². The van der Waals surface area contributed by atoms with Crippen LogP contribution in [0, 0.1) is 5.92 Å². The SMILES string of the molecule is CC(C)N1CC[C@H](Cc2cnc(-c3ccccc3C(=O)O)cn2)C1. The fourth-order valence-corrected chi connectivity index (χ4v) is 3.29. The van der Waals surface area contributed by atoms with Crippen molar-refractivity contribution in [3.05, 3.63) is 47.9 Å². The standard InChI is InChI=1S/C19H23N3O2/c1-13(2)22-8-7-14(12-22)9-15-10-21-18(11-20-15)16-5-3-4-6-17(16)19(23)24/h3-6,10-11,13-14H,7-9,12H2,1-2H3,(H,23,24)/t14-/m1/s1. The van der Waals surface area contributed by atoms with Gasteiger partial charge in [0.15, 0.2) is 0 Å². The highest BCUT2D eigenvalue weighted by Crippen LogP contribution is 2.24. The minimum atomic E-state index is -0.948. The third-order valence-corrected chi connectivity index (χ3v) is 4.68. The summed E-state index contributed by atoms with van der Waals surface area (Å²) < 4.78 is 0. The number of nitrogens with zero attached hydrogens (tertiary/aromatic N) is 3. The second kappa shape index (κ2) is 7.09. The molecule has 0 saturated carbocycles. The maximum absolute atomic E-state index is 11.3. The first-order chi connectivity index (χ1) is 11.5. The van der Waals surface area contributed by atoms with Gasteiger partial charge in [-0.05, 0) is 45.2 Å². The molecule has 1 aromatic heterocycles. The quantitative estimate of drug-likeness (QED) is 0.915. The molecule has 1 aliphatic rings. The molecule has 1 fully saturated rings. The van der Waals surface area contributed by atoms with Crippen LogP contribution in [0.4, 0.5) is 0 Å². The molecule has 0 spiro atoms. The zero-order chi connectivity index (χ0) is 17.1. The summed E-state index contributed by atoms with van der Waals surface area (Å²) in [6.07, 6.45) is 5.60. The highest BCUT2D eigenvalue weighted by Gasteiger charge is 2.24. The Bertz CT molecular complexity index is 713. The van der Waals surface area contributed by atoms with Crippen LogP contribution in [0.2, 0.25) is 0 Å². The van der Waals surface area contributed by atoms with Crippen LogP contribution in [0.25, 0.3) is 11.3 Å². The third-order valence-electron chi connectivity index (χ3n) is 4.68. The molecule has 0 bridgehead atoms. The smallest absolute Gasteiger partial charge is 0.336 e. The summed E-state index contributed by atoms with van der Waals surface area (Å²) >= 11 is 0. The van der Waals surface area contributed by atoms with Crippen LogP contribution in [0.1, 0.15) is 36.3 Å². The molecule has 3 rings (SSSR count). The molecule has 2 heterocycles. The maximum Gasteiger partial charge on any atom is 0.336 e. The highest BCUT2D eigenvalue weighted by molar-refractivity contribution is 5.95. The van der Waals surface area contributed by atoms with Crippen molar-refractivity contribution in [1.82, 2.24) is 14.9 Å². The zero-order valence-electron chi connectivity index (χ0n) is 14.1. The molecule has 5 nitrogen and oxygen atoms in total. The molecule has 0 amide bonds. The Morgan fingerprint density at radius 2 is 2.08 bits per heavy atom. The third kappa shape index (κ3) is 3.62. The lowest BCUT2D eigenvalue weighted by atomic mass is 10.0. The minimum Gasteiger partial charge on any atom is -0.478 e. The lowest BCUT2D eigenvalue weighted by molar-refractivity contribution is 0.0697. The number of aromatic carboxylic acids is 1. The molecule has 5 heteroatoms. The number of carbonyl (C=O) groups is 1. The molecule has 126 valence electrons. The van der Waals surface area contributed by atoms with Gasteiger partial charge >= 0.3 is 5.97 Å². The number of carboxylic acid groups (broad SMARTS) is 1. The Hall–Kier alpha value is -2.27. The van der Waals surface area contributed by atoms with Gasteiger partial charge in [-0.15, -0.1) is 0 Å². The summed E-state index contributed by atoms with van der Waals surface area (Å²) in [4.78, 5) is 22.8. The second-order valence-corrected chi connectivity index (χ2v) is 6.69. The summed E-state index contributed by atoms with van der Waals surface area (Å²) in [5, 5.41) is 9.29. The number of hydrogen-bond donors (Lipinski definition) is 1. The van der Waals surface area contributed by atoms with Crippen molar-refractivity contribution >= 4 is 5.97 Å².